The maximum atomic E-state index is 12.5. The number of ether oxygens (including phenoxy) is 1. The van der Waals surface area contributed by atoms with Crippen LogP contribution in [0.5, 0.6) is 0 Å². The minimum absolute atomic E-state index is 0.0618. The second kappa shape index (κ2) is 8.92. The number of benzene rings is 2. The van der Waals surface area contributed by atoms with Crippen LogP contribution in [0, 0.1) is 0 Å². The molecule has 5 rings (SSSR count). The highest BCUT2D eigenvalue weighted by atomic mass is 32.2. The molecule has 2 N–H and O–H groups in total. The maximum absolute atomic E-state index is 12.5. The van der Waals surface area contributed by atoms with E-state index in [4.69, 9.17) is 19.5 Å². The molecule has 1 fully saturated rings. The molecule has 6 nitrogen and oxygen atoms in total. The van der Waals surface area contributed by atoms with Gasteiger partial charge in [0, 0.05) is 40.6 Å². The molecule has 8 heteroatoms. The van der Waals surface area contributed by atoms with E-state index in [0.29, 0.717) is 45.4 Å². The van der Waals surface area contributed by atoms with Gasteiger partial charge < -0.3 is 24.4 Å². The van der Waals surface area contributed by atoms with Crippen molar-refractivity contribution in [3.8, 4) is 11.3 Å². The van der Waals surface area contributed by atoms with E-state index in [9.17, 15) is 4.79 Å². The normalized spacial score (nSPS) is 15.3. The predicted octanol–water partition coefficient (Wildman–Crippen LogP) is 2.11. The van der Waals surface area contributed by atoms with Gasteiger partial charge in [0.15, 0.2) is 11.3 Å². The van der Waals surface area contributed by atoms with Crippen LogP contribution in [0.2, 0.25) is 0 Å². The summed E-state index contributed by atoms with van der Waals surface area (Å²) < 4.78 is 17.2. The average Bonchev–Trinajstić information content (AvgIpc) is 2.81. The van der Waals surface area contributed by atoms with E-state index < -0.39 is 0 Å². The third-order valence-electron chi connectivity index (χ3n) is 5.63. The van der Waals surface area contributed by atoms with Crippen molar-refractivity contribution in [2.75, 3.05) is 37.9 Å². The largest absolute Gasteiger partial charge is 0.440 e. The number of nitrogens with zero attached hydrogens (tertiary/aromatic N) is 1. The van der Waals surface area contributed by atoms with E-state index in [1.54, 1.807) is 23.9 Å². The minimum atomic E-state index is -0.0618. The van der Waals surface area contributed by atoms with Gasteiger partial charge in [-0.2, -0.15) is 0 Å². The highest BCUT2D eigenvalue weighted by Crippen LogP contribution is 2.44. The Kier molecular flexibility index (Phi) is 5.87. The van der Waals surface area contributed by atoms with Crippen molar-refractivity contribution < 1.29 is 13.8 Å². The van der Waals surface area contributed by atoms with Crippen LogP contribution in [0.15, 0.2) is 67.5 Å². The van der Waals surface area contributed by atoms with Crippen molar-refractivity contribution >= 4 is 30.6 Å². The van der Waals surface area contributed by atoms with E-state index in [1.807, 2.05) is 6.07 Å². The molecular weight excluding hydrogens is 411 g/mol. The van der Waals surface area contributed by atoms with Gasteiger partial charge in [0.1, 0.15) is 5.76 Å². The quantitative estimate of drug-likeness (QED) is 0.381. The Labute approximate surface area is 185 Å². The molecule has 3 heterocycles. The molecule has 0 unspecified atom stereocenters. The number of anilines is 1. The molecule has 0 radical (unpaired) electrons. The van der Waals surface area contributed by atoms with E-state index in [1.165, 1.54) is 16.0 Å². The van der Waals surface area contributed by atoms with Gasteiger partial charge in [0.2, 0.25) is 0 Å². The molecule has 158 valence electrons. The second-order valence-electron chi connectivity index (χ2n) is 7.58. The first-order chi connectivity index (χ1) is 15.2. The van der Waals surface area contributed by atoms with Crippen LogP contribution >= 0.6 is 11.8 Å². The number of hydrogen-bond acceptors (Lipinski definition) is 7. The Morgan fingerprint density at radius 3 is 2.81 bits per heavy atom. The van der Waals surface area contributed by atoms with Gasteiger partial charge in [0.25, 0.3) is 0 Å². The lowest BCUT2D eigenvalue weighted by molar-refractivity contribution is 0.120. The van der Waals surface area contributed by atoms with Crippen LogP contribution in [0.3, 0.4) is 0 Å². The van der Waals surface area contributed by atoms with Crippen molar-refractivity contribution in [3.63, 3.8) is 0 Å². The highest BCUT2D eigenvalue weighted by molar-refractivity contribution is 7.99. The summed E-state index contributed by atoms with van der Waals surface area (Å²) in [6, 6.07) is 15.6. The molecule has 2 aromatic carbocycles. The summed E-state index contributed by atoms with van der Waals surface area (Å²) >= 11 is 1.72. The third kappa shape index (κ3) is 4.16. The number of hydrogen-bond donors (Lipinski definition) is 1. The zero-order valence-corrected chi connectivity index (χ0v) is 18.0. The van der Waals surface area contributed by atoms with Gasteiger partial charge >= 0.3 is 7.48 Å². The first-order valence-electron chi connectivity index (χ1n) is 10.4. The molecule has 0 saturated carbocycles. The van der Waals surface area contributed by atoms with Gasteiger partial charge in [-0.05, 0) is 29.1 Å². The van der Waals surface area contributed by atoms with Crippen LogP contribution in [0.1, 0.15) is 11.1 Å². The molecule has 0 aliphatic carbocycles. The summed E-state index contributed by atoms with van der Waals surface area (Å²) in [5.41, 5.74) is 10.0. The third-order valence-corrected chi connectivity index (χ3v) is 6.92. The van der Waals surface area contributed by atoms with Gasteiger partial charge in [0.05, 0.1) is 19.9 Å². The summed E-state index contributed by atoms with van der Waals surface area (Å²) in [6.07, 6.45) is 0.809. The SMILES string of the molecule is NCOBc1ccc(-c2cc(=O)cc(N3CCOCC3)o2)c2c1Cc1ccccc1S2. The monoisotopic (exact) mass is 434 g/mol. The highest BCUT2D eigenvalue weighted by Gasteiger charge is 2.24. The van der Waals surface area contributed by atoms with Gasteiger partial charge in [-0.25, -0.2) is 0 Å². The van der Waals surface area contributed by atoms with Gasteiger partial charge in [-0.15, -0.1) is 0 Å². The fourth-order valence-corrected chi connectivity index (χ4v) is 5.31. The Balaban J connectivity index is 1.60. The number of morpholine rings is 1. The molecule has 2 aliphatic heterocycles. The lowest BCUT2D eigenvalue weighted by Gasteiger charge is -2.28. The molecule has 1 aromatic heterocycles. The molecule has 31 heavy (non-hydrogen) atoms. The average molecular weight is 434 g/mol. The first kappa shape index (κ1) is 20.4. The maximum Gasteiger partial charge on any atom is 0.310 e. The number of nitrogens with two attached hydrogens (primary N) is 1. The first-order valence-corrected chi connectivity index (χ1v) is 11.2. The lowest BCUT2D eigenvalue weighted by Crippen LogP contribution is -2.36. The van der Waals surface area contributed by atoms with Crippen LogP contribution in [0.25, 0.3) is 11.3 Å². The molecule has 3 aromatic rings. The molecule has 0 bridgehead atoms. The summed E-state index contributed by atoms with van der Waals surface area (Å²) in [4.78, 5) is 16.9. The standard InChI is InChI=1S/C23H23BN2O4S/c25-14-29-24-19-6-5-17(23-18(19)11-15-3-1-2-4-21(15)31-23)20-12-16(27)13-22(30-20)26-7-9-28-10-8-26/h1-6,12-13,24H,7-11,14,25H2. The molecule has 0 atom stereocenters. The smallest absolute Gasteiger partial charge is 0.310 e. The summed E-state index contributed by atoms with van der Waals surface area (Å²) in [6.45, 7) is 2.86. The van der Waals surface area contributed by atoms with Crippen LogP contribution in [0.4, 0.5) is 5.88 Å². The predicted molar refractivity (Wildman–Crippen MR) is 124 cm³/mol. The molecule has 0 amide bonds. The van der Waals surface area contributed by atoms with Crippen LogP contribution in [-0.4, -0.2) is 40.5 Å². The zero-order valence-electron chi connectivity index (χ0n) is 17.1. The fourth-order valence-electron chi connectivity index (χ4n) is 4.06. The Bertz CT molecular complexity index is 1160. The topological polar surface area (TPSA) is 77.9 Å². The summed E-state index contributed by atoms with van der Waals surface area (Å²) in [7, 11) is 0.458. The Hall–Kier alpha value is -2.52. The Morgan fingerprint density at radius 2 is 1.97 bits per heavy atom. The molecule has 0 spiro atoms. The van der Waals surface area contributed by atoms with E-state index >= 15 is 0 Å². The number of rotatable bonds is 5. The summed E-state index contributed by atoms with van der Waals surface area (Å²) in [5, 5.41) is 0. The van der Waals surface area contributed by atoms with Crippen molar-refractivity contribution in [2.45, 2.75) is 16.2 Å². The van der Waals surface area contributed by atoms with E-state index in [0.717, 1.165) is 22.3 Å². The second-order valence-corrected chi connectivity index (χ2v) is 8.63. The van der Waals surface area contributed by atoms with Crippen LogP contribution < -0.4 is 21.5 Å². The van der Waals surface area contributed by atoms with Gasteiger partial charge in [-0.3, -0.25) is 4.79 Å². The van der Waals surface area contributed by atoms with Crippen molar-refractivity contribution in [3.05, 3.63) is 69.9 Å². The summed E-state index contributed by atoms with van der Waals surface area (Å²) in [5.74, 6) is 1.18. The van der Waals surface area contributed by atoms with Crippen molar-refractivity contribution in [1.82, 2.24) is 0 Å². The zero-order chi connectivity index (χ0) is 21.2. The number of fused-ring (bicyclic) bond motifs is 2. The van der Waals surface area contributed by atoms with Crippen LogP contribution in [-0.2, 0) is 15.8 Å². The Morgan fingerprint density at radius 1 is 1.13 bits per heavy atom. The lowest BCUT2D eigenvalue weighted by atomic mass is 9.80. The molecule has 2 aliphatic rings. The minimum Gasteiger partial charge on any atom is -0.440 e. The van der Waals surface area contributed by atoms with Crippen molar-refractivity contribution in [1.29, 1.82) is 0 Å². The van der Waals surface area contributed by atoms with E-state index in [-0.39, 0.29) is 12.2 Å². The van der Waals surface area contributed by atoms with E-state index in [2.05, 4.69) is 35.2 Å². The fraction of sp³-hybridized carbons (Fsp3) is 0.261. The van der Waals surface area contributed by atoms with Gasteiger partial charge in [-0.1, -0.05) is 42.1 Å². The molecule has 1 saturated heterocycles. The molecular formula is C23H23BN2O4S. The van der Waals surface area contributed by atoms with Crippen molar-refractivity contribution in [2.24, 2.45) is 5.73 Å².